The largest absolute Gasteiger partial charge is 0.492 e. The molecule has 1 aromatic heterocycles. The Labute approximate surface area is 238 Å². The van der Waals surface area contributed by atoms with E-state index < -0.39 is 0 Å². The van der Waals surface area contributed by atoms with Crippen LogP contribution in [0.5, 0.6) is 5.75 Å². The van der Waals surface area contributed by atoms with Gasteiger partial charge in [0, 0.05) is 21.7 Å². The quantitative estimate of drug-likeness (QED) is 0.214. The minimum absolute atomic E-state index is 0. The lowest BCUT2D eigenvalue weighted by molar-refractivity contribution is 0.238. The molecule has 2 aliphatic heterocycles. The molecule has 0 spiro atoms. The molecule has 4 heteroatoms. The Morgan fingerprint density at radius 1 is 0.769 bits per heavy atom. The van der Waals surface area contributed by atoms with Crippen molar-refractivity contribution in [2.45, 2.75) is 39.5 Å². The highest BCUT2D eigenvalue weighted by Crippen LogP contribution is 2.40. The first-order valence-corrected chi connectivity index (χ1v) is 14.9. The van der Waals surface area contributed by atoms with Gasteiger partial charge in [-0.2, -0.15) is 0 Å². The number of thiophene rings is 1. The molecule has 2 fully saturated rings. The summed E-state index contributed by atoms with van der Waals surface area (Å²) in [6.45, 7) is 7.47. The van der Waals surface area contributed by atoms with E-state index in [2.05, 4.69) is 94.4 Å². The molecule has 3 heterocycles. The second-order valence-corrected chi connectivity index (χ2v) is 11.5. The van der Waals surface area contributed by atoms with Gasteiger partial charge in [0.15, 0.2) is 0 Å². The molecule has 3 aromatic carbocycles. The summed E-state index contributed by atoms with van der Waals surface area (Å²) in [7, 11) is 0. The van der Waals surface area contributed by atoms with Crippen LogP contribution in [0.2, 0.25) is 0 Å². The predicted octanol–water partition coefficient (Wildman–Crippen LogP) is 7.72. The fourth-order valence-corrected chi connectivity index (χ4v) is 6.84. The van der Waals surface area contributed by atoms with Crippen molar-refractivity contribution in [1.29, 1.82) is 0 Å². The smallest absolute Gasteiger partial charge is 0.119 e. The summed E-state index contributed by atoms with van der Waals surface area (Å²) >= 11 is 1.89. The van der Waals surface area contributed by atoms with E-state index in [1.54, 1.807) is 0 Å². The van der Waals surface area contributed by atoms with Crippen molar-refractivity contribution < 1.29 is 4.74 Å². The summed E-state index contributed by atoms with van der Waals surface area (Å²) in [4.78, 5) is 6.29. The summed E-state index contributed by atoms with van der Waals surface area (Å²) in [5.41, 5.74) is 5.09. The predicted molar refractivity (Wildman–Crippen MR) is 167 cm³/mol. The van der Waals surface area contributed by atoms with Crippen LogP contribution in [0.25, 0.3) is 20.5 Å². The Hall–Kier alpha value is -3.10. The number of nitrogens with zero attached hydrogens (tertiary/aromatic N) is 2. The normalized spacial score (nSPS) is 15.7. The molecular formula is C35H40N2OS. The standard InChI is InChI=1S/C34H36N2OS.CH4/c1-2-10-33-31(9-1)32(26-28-13-11-27(12-14-28)8-7-23-35-19-3-4-20-35)34(38-33)29-15-17-30(18-16-29)37-25-24-36-21-5-6-22-36;/h1-2,9-18H,3-6,19-26H2;1H4. The lowest BCUT2D eigenvalue weighted by atomic mass is 9.98. The van der Waals surface area contributed by atoms with E-state index >= 15 is 0 Å². The first-order valence-electron chi connectivity index (χ1n) is 14.1. The lowest BCUT2D eigenvalue weighted by Gasteiger charge is -2.15. The van der Waals surface area contributed by atoms with Crippen molar-refractivity contribution in [2.24, 2.45) is 0 Å². The van der Waals surface area contributed by atoms with Gasteiger partial charge in [-0.3, -0.25) is 9.80 Å². The van der Waals surface area contributed by atoms with Gasteiger partial charge in [-0.05, 0) is 123 Å². The molecule has 0 bridgehead atoms. The van der Waals surface area contributed by atoms with Crippen molar-refractivity contribution in [2.75, 3.05) is 45.9 Å². The Balaban J connectivity index is 0.00000308. The van der Waals surface area contributed by atoms with E-state index in [9.17, 15) is 0 Å². The maximum Gasteiger partial charge on any atom is 0.119 e. The molecule has 0 saturated carbocycles. The Bertz CT molecular complexity index is 1400. The molecule has 0 atom stereocenters. The van der Waals surface area contributed by atoms with Crippen molar-refractivity contribution in [3.8, 4) is 28.0 Å². The van der Waals surface area contributed by atoms with Gasteiger partial charge < -0.3 is 4.74 Å². The highest BCUT2D eigenvalue weighted by Gasteiger charge is 2.15. The number of fused-ring (bicyclic) bond motifs is 1. The van der Waals surface area contributed by atoms with Crippen LogP contribution in [-0.4, -0.2) is 55.7 Å². The molecule has 0 radical (unpaired) electrons. The average molecular weight is 537 g/mol. The number of rotatable bonds is 8. The number of likely N-dealkylation sites (tertiary alicyclic amines) is 2. The first-order chi connectivity index (χ1) is 18.8. The van der Waals surface area contributed by atoms with Crippen LogP contribution in [0.3, 0.4) is 0 Å². The van der Waals surface area contributed by atoms with Crippen LogP contribution in [-0.2, 0) is 6.42 Å². The number of ether oxygens (including phenoxy) is 1. The third-order valence-electron chi connectivity index (χ3n) is 7.76. The minimum atomic E-state index is 0. The third-order valence-corrected chi connectivity index (χ3v) is 9.02. The zero-order valence-electron chi connectivity index (χ0n) is 22.1. The van der Waals surface area contributed by atoms with Gasteiger partial charge >= 0.3 is 0 Å². The van der Waals surface area contributed by atoms with Crippen molar-refractivity contribution in [3.63, 3.8) is 0 Å². The molecule has 202 valence electrons. The zero-order chi connectivity index (χ0) is 25.6. The van der Waals surface area contributed by atoms with Crippen molar-refractivity contribution >= 4 is 21.4 Å². The zero-order valence-corrected chi connectivity index (χ0v) is 22.9. The van der Waals surface area contributed by atoms with Crippen molar-refractivity contribution in [1.82, 2.24) is 9.80 Å². The van der Waals surface area contributed by atoms with Gasteiger partial charge in [-0.25, -0.2) is 0 Å². The van der Waals surface area contributed by atoms with Crippen LogP contribution < -0.4 is 4.74 Å². The average Bonchev–Trinajstić information content (AvgIpc) is 3.73. The van der Waals surface area contributed by atoms with E-state index in [1.165, 1.54) is 83.5 Å². The van der Waals surface area contributed by atoms with E-state index in [-0.39, 0.29) is 7.43 Å². The summed E-state index contributed by atoms with van der Waals surface area (Å²) in [5, 5.41) is 1.35. The van der Waals surface area contributed by atoms with E-state index in [0.29, 0.717) is 0 Å². The van der Waals surface area contributed by atoms with Gasteiger partial charge in [-0.1, -0.05) is 49.6 Å². The maximum absolute atomic E-state index is 6.06. The fourth-order valence-electron chi connectivity index (χ4n) is 5.61. The SMILES string of the molecule is C.C(#Cc1ccc(Cc2c(-c3ccc(OCCN4CCCC4)cc3)sc3ccccc23)cc1)CN1CCCC1. The van der Waals surface area contributed by atoms with Crippen LogP contribution in [0, 0.1) is 11.8 Å². The Kier molecular flexibility index (Phi) is 9.37. The van der Waals surface area contributed by atoms with Crippen molar-refractivity contribution in [3.05, 3.63) is 89.5 Å². The minimum Gasteiger partial charge on any atom is -0.492 e. The molecule has 6 rings (SSSR count). The van der Waals surface area contributed by atoms with Crippen LogP contribution in [0.1, 0.15) is 49.8 Å². The van der Waals surface area contributed by atoms with Gasteiger partial charge in [0.1, 0.15) is 12.4 Å². The molecular weight excluding hydrogens is 496 g/mol. The molecule has 39 heavy (non-hydrogen) atoms. The molecule has 0 aliphatic carbocycles. The van der Waals surface area contributed by atoms with E-state index in [4.69, 9.17) is 4.74 Å². The van der Waals surface area contributed by atoms with Crippen LogP contribution >= 0.6 is 11.3 Å². The van der Waals surface area contributed by atoms with Gasteiger partial charge in [0.25, 0.3) is 0 Å². The third kappa shape index (κ3) is 6.92. The number of hydrogen-bond donors (Lipinski definition) is 0. The molecule has 2 saturated heterocycles. The molecule has 4 aromatic rings. The van der Waals surface area contributed by atoms with E-state index in [1.807, 2.05) is 11.3 Å². The van der Waals surface area contributed by atoms with Crippen LogP contribution in [0.4, 0.5) is 0 Å². The first kappa shape index (κ1) is 27.5. The molecule has 0 amide bonds. The molecule has 0 N–H and O–H groups in total. The van der Waals surface area contributed by atoms with Crippen LogP contribution in [0.15, 0.2) is 72.8 Å². The Morgan fingerprint density at radius 3 is 2.21 bits per heavy atom. The van der Waals surface area contributed by atoms with Gasteiger partial charge in [-0.15, -0.1) is 11.3 Å². The summed E-state index contributed by atoms with van der Waals surface area (Å²) in [6.07, 6.45) is 6.18. The monoisotopic (exact) mass is 536 g/mol. The fraction of sp³-hybridized carbons (Fsp3) is 0.371. The molecule has 2 aliphatic rings. The molecule has 0 unspecified atom stereocenters. The second kappa shape index (κ2) is 13.3. The highest BCUT2D eigenvalue weighted by molar-refractivity contribution is 7.22. The molecule has 3 nitrogen and oxygen atoms in total. The highest BCUT2D eigenvalue weighted by atomic mass is 32.1. The topological polar surface area (TPSA) is 15.7 Å². The lowest BCUT2D eigenvalue weighted by Crippen LogP contribution is -2.25. The number of hydrogen-bond acceptors (Lipinski definition) is 4. The van der Waals surface area contributed by atoms with E-state index in [0.717, 1.165) is 37.4 Å². The summed E-state index contributed by atoms with van der Waals surface area (Å²) in [5.74, 6) is 7.67. The Morgan fingerprint density at radius 2 is 1.46 bits per heavy atom. The summed E-state index contributed by atoms with van der Waals surface area (Å²) in [6, 6.07) is 26.3. The maximum atomic E-state index is 6.06. The van der Waals surface area contributed by atoms with Gasteiger partial charge in [0.2, 0.25) is 0 Å². The summed E-state index contributed by atoms with van der Waals surface area (Å²) < 4.78 is 7.40. The van der Waals surface area contributed by atoms with Gasteiger partial charge in [0.05, 0.1) is 6.54 Å². The second-order valence-electron chi connectivity index (χ2n) is 10.5. The number of benzene rings is 3.